The van der Waals surface area contributed by atoms with E-state index in [2.05, 4.69) is 18.7 Å². The molecule has 0 unspecified atom stereocenters. The van der Waals surface area contributed by atoms with Crippen molar-refractivity contribution in [3.05, 3.63) is 0 Å². The van der Waals surface area contributed by atoms with Crippen molar-refractivity contribution in [1.29, 1.82) is 0 Å². The van der Waals surface area contributed by atoms with E-state index in [-0.39, 0.29) is 12.5 Å². The molecule has 0 aliphatic carbocycles. The molecule has 4 nitrogen and oxygen atoms in total. The molecular weight excluding hydrogens is 228 g/mol. The molecule has 0 heterocycles. The van der Waals surface area contributed by atoms with Crippen LogP contribution in [-0.2, 0) is 4.79 Å². The summed E-state index contributed by atoms with van der Waals surface area (Å²) in [6, 6.07) is 0. The third kappa shape index (κ3) is 7.67. The highest BCUT2D eigenvalue weighted by atomic mass is 16.2. The predicted octanol–water partition coefficient (Wildman–Crippen LogP) is 1.73. The zero-order valence-corrected chi connectivity index (χ0v) is 12.3. The highest BCUT2D eigenvalue weighted by Crippen LogP contribution is 2.03. The van der Waals surface area contributed by atoms with Gasteiger partial charge in [0.1, 0.15) is 0 Å². The minimum absolute atomic E-state index is 0.230. The molecule has 0 spiro atoms. The maximum absolute atomic E-state index is 12.0. The zero-order valence-electron chi connectivity index (χ0n) is 12.3. The molecule has 0 bridgehead atoms. The Morgan fingerprint density at radius 3 is 2.11 bits per heavy atom. The largest absolute Gasteiger partial charge is 0.396 e. The van der Waals surface area contributed by atoms with Gasteiger partial charge in [-0.1, -0.05) is 20.3 Å². The number of likely N-dealkylation sites (N-methyl/N-ethyl adjacent to an activating group) is 2. The summed E-state index contributed by atoms with van der Waals surface area (Å²) < 4.78 is 0. The number of hydrogen-bond acceptors (Lipinski definition) is 3. The molecule has 0 aliphatic heterocycles. The lowest BCUT2D eigenvalue weighted by molar-refractivity contribution is -0.131. The average Bonchev–Trinajstić information content (AvgIpc) is 2.40. The van der Waals surface area contributed by atoms with Gasteiger partial charge in [0.15, 0.2) is 0 Å². The molecule has 18 heavy (non-hydrogen) atoms. The Morgan fingerprint density at radius 1 is 0.944 bits per heavy atom. The molecule has 0 saturated heterocycles. The molecule has 0 radical (unpaired) electrons. The van der Waals surface area contributed by atoms with E-state index in [4.69, 9.17) is 5.11 Å². The number of aliphatic hydroxyl groups is 1. The first-order chi connectivity index (χ1) is 8.69. The molecule has 4 heteroatoms. The number of nitrogens with zero attached hydrogens (tertiary/aromatic N) is 2. The van der Waals surface area contributed by atoms with Gasteiger partial charge in [-0.25, -0.2) is 0 Å². The van der Waals surface area contributed by atoms with Crippen molar-refractivity contribution in [3.8, 4) is 0 Å². The van der Waals surface area contributed by atoms with E-state index in [0.29, 0.717) is 6.42 Å². The van der Waals surface area contributed by atoms with Crippen molar-refractivity contribution in [3.63, 3.8) is 0 Å². The van der Waals surface area contributed by atoms with Crippen molar-refractivity contribution in [2.24, 2.45) is 0 Å². The average molecular weight is 258 g/mol. The summed E-state index contributed by atoms with van der Waals surface area (Å²) in [7, 11) is 0. The number of unbranched alkanes of at least 4 members (excludes halogenated alkanes) is 2. The Morgan fingerprint density at radius 2 is 1.61 bits per heavy atom. The van der Waals surface area contributed by atoms with E-state index in [9.17, 15) is 4.79 Å². The van der Waals surface area contributed by atoms with Crippen LogP contribution in [0.2, 0.25) is 0 Å². The quantitative estimate of drug-likeness (QED) is 0.574. The fourth-order valence-corrected chi connectivity index (χ4v) is 1.98. The summed E-state index contributed by atoms with van der Waals surface area (Å²) in [5, 5.41) is 8.69. The van der Waals surface area contributed by atoms with E-state index in [0.717, 1.165) is 52.0 Å². The SMILES string of the molecule is CCN(CC)CCN(CC)C(=O)CCCCCO. The summed E-state index contributed by atoms with van der Waals surface area (Å²) >= 11 is 0. The number of hydrogen-bond donors (Lipinski definition) is 1. The van der Waals surface area contributed by atoms with Crippen LogP contribution in [0.4, 0.5) is 0 Å². The van der Waals surface area contributed by atoms with Gasteiger partial charge in [0.2, 0.25) is 5.91 Å². The molecular formula is C14H30N2O2. The predicted molar refractivity (Wildman–Crippen MR) is 75.6 cm³/mol. The maximum Gasteiger partial charge on any atom is 0.222 e. The van der Waals surface area contributed by atoms with E-state index in [1.807, 2.05) is 11.8 Å². The maximum atomic E-state index is 12.0. The first-order valence-corrected chi connectivity index (χ1v) is 7.30. The molecule has 108 valence electrons. The molecule has 0 aliphatic rings. The van der Waals surface area contributed by atoms with Crippen LogP contribution >= 0.6 is 0 Å². The summed E-state index contributed by atoms with van der Waals surface area (Å²) in [6.07, 6.45) is 3.25. The second-order valence-electron chi connectivity index (χ2n) is 4.53. The Balaban J connectivity index is 3.88. The Labute approximate surface area is 112 Å². The van der Waals surface area contributed by atoms with Crippen LogP contribution in [0, 0.1) is 0 Å². The minimum atomic E-state index is 0.230. The summed E-state index contributed by atoms with van der Waals surface area (Å²) in [5.41, 5.74) is 0. The van der Waals surface area contributed by atoms with Crippen LogP contribution < -0.4 is 0 Å². The monoisotopic (exact) mass is 258 g/mol. The van der Waals surface area contributed by atoms with Gasteiger partial charge in [0, 0.05) is 32.7 Å². The number of carbonyl (C=O) groups is 1. The van der Waals surface area contributed by atoms with Gasteiger partial charge < -0.3 is 14.9 Å². The van der Waals surface area contributed by atoms with Crippen LogP contribution in [0.3, 0.4) is 0 Å². The fraction of sp³-hybridized carbons (Fsp3) is 0.929. The van der Waals surface area contributed by atoms with Crippen LogP contribution in [0.1, 0.15) is 46.5 Å². The number of rotatable bonds is 11. The molecule has 1 amide bonds. The van der Waals surface area contributed by atoms with E-state index in [1.165, 1.54) is 0 Å². The van der Waals surface area contributed by atoms with Gasteiger partial charge in [-0.05, 0) is 32.9 Å². The normalized spacial score (nSPS) is 10.9. The summed E-state index contributed by atoms with van der Waals surface area (Å²) in [4.78, 5) is 16.2. The van der Waals surface area contributed by atoms with Crippen LogP contribution in [-0.4, -0.2) is 60.1 Å². The first kappa shape index (κ1) is 17.4. The van der Waals surface area contributed by atoms with Gasteiger partial charge in [-0.15, -0.1) is 0 Å². The van der Waals surface area contributed by atoms with Crippen LogP contribution in [0.5, 0.6) is 0 Å². The van der Waals surface area contributed by atoms with Crippen molar-refractivity contribution in [1.82, 2.24) is 9.80 Å². The minimum Gasteiger partial charge on any atom is -0.396 e. The molecule has 0 aromatic rings. The first-order valence-electron chi connectivity index (χ1n) is 7.30. The molecule has 1 N–H and O–H groups in total. The van der Waals surface area contributed by atoms with Crippen molar-refractivity contribution in [2.75, 3.05) is 39.3 Å². The highest BCUT2D eigenvalue weighted by molar-refractivity contribution is 5.76. The van der Waals surface area contributed by atoms with Gasteiger partial charge in [0.25, 0.3) is 0 Å². The number of carbonyl (C=O) groups excluding carboxylic acids is 1. The van der Waals surface area contributed by atoms with Gasteiger partial charge in [0.05, 0.1) is 0 Å². The lowest BCUT2D eigenvalue weighted by Gasteiger charge is -2.25. The lowest BCUT2D eigenvalue weighted by Crippen LogP contribution is -2.38. The fourth-order valence-electron chi connectivity index (χ4n) is 1.98. The van der Waals surface area contributed by atoms with E-state index in [1.54, 1.807) is 0 Å². The van der Waals surface area contributed by atoms with E-state index < -0.39 is 0 Å². The lowest BCUT2D eigenvalue weighted by atomic mass is 10.2. The zero-order chi connectivity index (χ0) is 13.8. The summed E-state index contributed by atoms with van der Waals surface area (Å²) in [6.45, 7) is 11.2. The molecule has 0 fully saturated rings. The molecule has 0 rings (SSSR count). The van der Waals surface area contributed by atoms with Crippen molar-refractivity contribution >= 4 is 5.91 Å². The summed E-state index contributed by atoms with van der Waals surface area (Å²) in [5.74, 6) is 0.252. The van der Waals surface area contributed by atoms with Crippen molar-refractivity contribution in [2.45, 2.75) is 46.5 Å². The third-order valence-electron chi connectivity index (χ3n) is 3.36. The Kier molecular flexibility index (Phi) is 11.1. The number of aliphatic hydroxyl groups excluding tert-OH is 1. The third-order valence-corrected chi connectivity index (χ3v) is 3.36. The molecule has 0 aromatic heterocycles. The molecule has 0 saturated carbocycles. The second-order valence-corrected chi connectivity index (χ2v) is 4.53. The smallest absolute Gasteiger partial charge is 0.222 e. The molecule has 0 atom stereocenters. The Bertz CT molecular complexity index is 206. The van der Waals surface area contributed by atoms with Crippen LogP contribution in [0.25, 0.3) is 0 Å². The topological polar surface area (TPSA) is 43.8 Å². The Hall–Kier alpha value is -0.610. The second kappa shape index (κ2) is 11.5. The van der Waals surface area contributed by atoms with Crippen molar-refractivity contribution < 1.29 is 9.90 Å². The van der Waals surface area contributed by atoms with Gasteiger partial charge >= 0.3 is 0 Å². The van der Waals surface area contributed by atoms with E-state index >= 15 is 0 Å². The number of amides is 1. The standard InChI is InChI=1S/C14H30N2O2/c1-4-15(5-2)11-12-16(6-3)14(18)10-8-7-9-13-17/h17H,4-13H2,1-3H3. The van der Waals surface area contributed by atoms with Gasteiger partial charge in [-0.2, -0.15) is 0 Å². The van der Waals surface area contributed by atoms with Gasteiger partial charge in [-0.3, -0.25) is 4.79 Å². The molecule has 0 aromatic carbocycles. The van der Waals surface area contributed by atoms with Crippen LogP contribution in [0.15, 0.2) is 0 Å². The highest BCUT2D eigenvalue weighted by Gasteiger charge is 2.11.